The van der Waals surface area contributed by atoms with Crippen LogP contribution in [0.2, 0.25) is 0 Å². The maximum Gasteiger partial charge on any atom is 0.323 e. The number of amides is 2. The van der Waals surface area contributed by atoms with Gasteiger partial charge in [-0.15, -0.1) is 11.3 Å². The van der Waals surface area contributed by atoms with Crippen molar-refractivity contribution < 1.29 is 9.18 Å². The van der Waals surface area contributed by atoms with E-state index in [0.29, 0.717) is 18.1 Å². The maximum absolute atomic E-state index is 13.9. The molecule has 0 saturated carbocycles. The Balaban J connectivity index is 1.37. The molecule has 1 aliphatic heterocycles. The Morgan fingerprint density at radius 2 is 2.00 bits per heavy atom. The number of aliphatic imine (C=N–C) groups is 1. The van der Waals surface area contributed by atoms with E-state index < -0.39 is 11.8 Å². The van der Waals surface area contributed by atoms with Crippen molar-refractivity contribution in [2.24, 2.45) is 4.99 Å². The fraction of sp³-hybridized carbons (Fsp3) is 0.0800. The number of nitrogens with one attached hydrogen (secondary N) is 2. The van der Waals surface area contributed by atoms with E-state index >= 15 is 0 Å². The van der Waals surface area contributed by atoms with Gasteiger partial charge in [0.25, 0.3) is 0 Å². The van der Waals surface area contributed by atoms with E-state index in [-0.39, 0.29) is 5.69 Å². The zero-order chi connectivity index (χ0) is 23.7. The van der Waals surface area contributed by atoms with E-state index in [1.807, 2.05) is 30.0 Å². The van der Waals surface area contributed by atoms with Crippen molar-refractivity contribution in [1.82, 2.24) is 4.98 Å². The predicted molar refractivity (Wildman–Crippen MR) is 138 cm³/mol. The lowest BCUT2D eigenvalue weighted by molar-refractivity contribution is 0.262. The Hall–Kier alpha value is -4.24. The molecule has 0 fully saturated rings. The molecule has 0 unspecified atom stereocenters. The number of halogens is 1. The minimum Gasteiger partial charge on any atom is -0.383 e. The van der Waals surface area contributed by atoms with Gasteiger partial charge in [0, 0.05) is 34.8 Å². The van der Waals surface area contributed by atoms with Crippen LogP contribution < -0.4 is 21.3 Å². The summed E-state index contributed by atoms with van der Waals surface area (Å²) in [4.78, 5) is 23.0. The van der Waals surface area contributed by atoms with Crippen LogP contribution in [0.5, 0.6) is 0 Å². The van der Waals surface area contributed by atoms with Crippen molar-refractivity contribution in [3.05, 3.63) is 77.7 Å². The van der Waals surface area contributed by atoms with Crippen LogP contribution in [0.4, 0.5) is 32.1 Å². The highest BCUT2D eigenvalue weighted by molar-refractivity contribution is 7.18. The molecule has 0 spiro atoms. The Morgan fingerprint density at radius 1 is 1.18 bits per heavy atom. The van der Waals surface area contributed by atoms with E-state index in [2.05, 4.69) is 26.0 Å². The Kier molecular flexibility index (Phi) is 5.69. The first kappa shape index (κ1) is 21.6. The number of pyridine rings is 1. The quantitative estimate of drug-likeness (QED) is 0.339. The number of hydrogen-bond acceptors (Lipinski definition) is 6. The highest BCUT2D eigenvalue weighted by Crippen LogP contribution is 2.41. The Morgan fingerprint density at radius 3 is 2.76 bits per heavy atom. The number of aromatic nitrogens is 1. The second kappa shape index (κ2) is 8.95. The first-order valence-corrected chi connectivity index (χ1v) is 11.4. The summed E-state index contributed by atoms with van der Waals surface area (Å²) < 4.78 is 14.9. The molecule has 9 heteroatoms. The summed E-state index contributed by atoms with van der Waals surface area (Å²) in [6.07, 6.45) is 7.30. The summed E-state index contributed by atoms with van der Waals surface area (Å²) in [6, 6.07) is 11.4. The number of nitrogens with two attached hydrogens (primary N) is 1. The number of nitrogen functional groups attached to an aromatic ring is 1. The van der Waals surface area contributed by atoms with E-state index in [9.17, 15) is 9.18 Å². The second-order valence-corrected chi connectivity index (χ2v) is 8.70. The largest absolute Gasteiger partial charge is 0.383 e. The Bertz CT molecular complexity index is 1440. The molecule has 34 heavy (non-hydrogen) atoms. The lowest BCUT2D eigenvalue weighted by Crippen LogP contribution is -2.23. The molecular weight excluding hydrogens is 451 g/mol. The number of urea groups is 1. The van der Waals surface area contributed by atoms with Gasteiger partial charge in [0.05, 0.1) is 28.6 Å². The third kappa shape index (κ3) is 4.20. The van der Waals surface area contributed by atoms with Gasteiger partial charge in [-0.1, -0.05) is 18.2 Å². The lowest BCUT2D eigenvalue weighted by atomic mass is 10.0. The Labute approximate surface area is 199 Å². The maximum atomic E-state index is 13.9. The minimum absolute atomic E-state index is 0.131. The lowest BCUT2D eigenvalue weighted by Gasteiger charge is -2.20. The van der Waals surface area contributed by atoms with Crippen molar-refractivity contribution in [2.75, 3.05) is 27.8 Å². The highest BCUT2D eigenvalue weighted by Gasteiger charge is 2.17. The summed E-state index contributed by atoms with van der Waals surface area (Å²) in [7, 11) is 0. The van der Waals surface area contributed by atoms with E-state index in [0.717, 1.165) is 32.5 Å². The van der Waals surface area contributed by atoms with Gasteiger partial charge in [0.1, 0.15) is 11.6 Å². The second-order valence-electron chi connectivity index (χ2n) is 7.82. The third-order valence-electron chi connectivity index (χ3n) is 5.44. The first-order chi connectivity index (χ1) is 16.5. The third-order valence-corrected chi connectivity index (χ3v) is 6.44. The molecule has 170 valence electrons. The molecule has 0 aliphatic carbocycles. The molecule has 3 heterocycles. The van der Waals surface area contributed by atoms with Crippen LogP contribution in [0, 0.1) is 12.7 Å². The number of fused-ring (bicyclic) bond motifs is 1. The number of aryl methyl sites for hydroxylation is 1. The smallest absolute Gasteiger partial charge is 0.323 e. The number of carbonyl (C=O) groups excluding carboxylic acids is 1. The van der Waals surface area contributed by atoms with Gasteiger partial charge >= 0.3 is 6.03 Å². The fourth-order valence-electron chi connectivity index (χ4n) is 3.77. The van der Waals surface area contributed by atoms with Crippen molar-refractivity contribution >= 4 is 56.7 Å². The molecule has 0 atom stereocenters. The van der Waals surface area contributed by atoms with Crippen LogP contribution in [0.1, 0.15) is 5.56 Å². The van der Waals surface area contributed by atoms with E-state index in [1.54, 1.807) is 54.3 Å². The SMILES string of the molecule is Cc1ccc(F)c(NC(=O)Nc2ccc(-c3csc4c(N5C=NC=CC5)cnc(N)c34)cc2)c1. The number of carbonyl (C=O) groups is 1. The molecule has 4 N–H and O–H groups in total. The van der Waals surface area contributed by atoms with Crippen molar-refractivity contribution in [3.63, 3.8) is 0 Å². The molecule has 2 aromatic carbocycles. The molecule has 0 saturated heterocycles. The molecule has 7 nitrogen and oxygen atoms in total. The van der Waals surface area contributed by atoms with Crippen LogP contribution in [-0.4, -0.2) is 23.9 Å². The summed E-state index contributed by atoms with van der Waals surface area (Å²) in [5.74, 6) is -0.0286. The normalized spacial score (nSPS) is 12.8. The van der Waals surface area contributed by atoms with Crippen molar-refractivity contribution in [2.45, 2.75) is 6.92 Å². The molecule has 5 rings (SSSR count). The summed E-state index contributed by atoms with van der Waals surface area (Å²) in [5, 5.41) is 8.22. The van der Waals surface area contributed by atoms with Gasteiger partial charge < -0.3 is 21.3 Å². The van der Waals surface area contributed by atoms with Gasteiger partial charge in [0.15, 0.2) is 0 Å². The average molecular weight is 473 g/mol. The number of thiophene rings is 1. The summed E-state index contributed by atoms with van der Waals surface area (Å²) in [5.41, 5.74) is 10.7. The van der Waals surface area contributed by atoms with Crippen LogP contribution in [0.15, 0.2) is 71.3 Å². The number of benzene rings is 2. The minimum atomic E-state index is -0.520. The van der Waals surface area contributed by atoms with Crippen molar-refractivity contribution in [3.8, 4) is 11.1 Å². The van der Waals surface area contributed by atoms with Crippen LogP contribution in [0.25, 0.3) is 21.2 Å². The van der Waals surface area contributed by atoms with E-state index in [1.165, 1.54) is 6.07 Å². The van der Waals surface area contributed by atoms with Gasteiger partial charge in [-0.3, -0.25) is 0 Å². The monoisotopic (exact) mass is 472 g/mol. The van der Waals surface area contributed by atoms with Gasteiger partial charge in [-0.25, -0.2) is 19.2 Å². The van der Waals surface area contributed by atoms with E-state index in [4.69, 9.17) is 5.73 Å². The van der Waals surface area contributed by atoms with Crippen LogP contribution in [0.3, 0.4) is 0 Å². The molecule has 2 aromatic heterocycles. The van der Waals surface area contributed by atoms with Crippen LogP contribution in [-0.2, 0) is 0 Å². The van der Waals surface area contributed by atoms with Crippen LogP contribution >= 0.6 is 11.3 Å². The first-order valence-electron chi connectivity index (χ1n) is 10.5. The highest BCUT2D eigenvalue weighted by atomic mass is 32.1. The standard InChI is InChI=1S/C25H21FN6OS/c1-15-3-8-19(26)20(11-15)31-25(33)30-17-6-4-16(5-7-17)18-13-34-23-21(12-29-24(27)22(18)23)32-10-2-9-28-14-32/h2-9,11-14H,10H2,1H3,(H2,27,29)(H2,30,31,33). The molecule has 0 radical (unpaired) electrons. The van der Waals surface area contributed by atoms with Gasteiger partial charge in [-0.05, 0) is 48.4 Å². The summed E-state index contributed by atoms with van der Waals surface area (Å²) in [6.45, 7) is 2.55. The average Bonchev–Trinajstić information content (AvgIpc) is 3.29. The molecule has 4 aromatic rings. The number of anilines is 4. The summed E-state index contributed by atoms with van der Waals surface area (Å²) >= 11 is 1.60. The molecule has 1 aliphatic rings. The van der Waals surface area contributed by atoms with Crippen molar-refractivity contribution in [1.29, 1.82) is 0 Å². The molecule has 0 bridgehead atoms. The number of nitrogens with zero attached hydrogens (tertiary/aromatic N) is 3. The van der Waals surface area contributed by atoms with Gasteiger partial charge in [-0.2, -0.15) is 0 Å². The molecular formula is C25H21FN6OS. The zero-order valence-corrected chi connectivity index (χ0v) is 19.1. The van der Waals surface area contributed by atoms with Gasteiger partial charge in [0.2, 0.25) is 0 Å². The predicted octanol–water partition coefficient (Wildman–Crippen LogP) is 6.00. The molecule has 2 amide bonds. The topological polar surface area (TPSA) is 95.6 Å². The number of rotatable bonds is 4. The fourth-order valence-corrected chi connectivity index (χ4v) is 4.89. The number of hydrogen-bond donors (Lipinski definition) is 3. The zero-order valence-electron chi connectivity index (χ0n) is 18.2.